The molecule has 0 saturated carbocycles. The van der Waals surface area contributed by atoms with E-state index in [2.05, 4.69) is 0 Å². The van der Waals surface area contributed by atoms with Crippen LogP contribution in [-0.4, -0.2) is 0 Å². The Kier molecular flexibility index (Phi) is 3.57. The zero-order chi connectivity index (χ0) is 14.0. The van der Waals surface area contributed by atoms with E-state index in [1.54, 1.807) is 30.3 Å². The third-order valence-electron chi connectivity index (χ3n) is 2.81. The third-order valence-corrected chi connectivity index (χ3v) is 2.81. The summed E-state index contributed by atoms with van der Waals surface area (Å²) in [5, 5.41) is 0. The van der Waals surface area contributed by atoms with Crippen molar-refractivity contribution in [3.63, 3.8) is 0 Å². The van der Waals surface area contributed by atoms with Gasteiger partial charge in [-0.25, -0.2) is 4.39 Å². The minimum Gasteiger partial charge on any atom is -0.320 e. The van der Waals surface area contributed by atoms with Crippen LogP contribution in [0.5, 0.6) is 0 Å². The second kappa shape index (κ2) is 5.01. The van der Waals surface area contributed by atoms with E-state index in [4.69, 9.17) is 5.73 Å². The lowest BCUT2D eigenvalue weighted by Crippen LogP contribution is -2.18. The van der Waals surface area contributed by atoms with Crippen LogP contribution in [-0.2, 0) is 6.18 Å². The first-order chi connectivity index (χ1) is 8.89. The Morgan fingerprint density at radius 3 is 2.16 bits per heavy atom. The van der Waals surface area contributed by atoms with Crippen LogP contribution in [0.2, 0.25) is 0 Å². The highest BCUT2D eigenvalue weighted by Crippen LogP contribution is 2.36. The smallest absolute Gasteiger partial charge is 0.320 e. The van der Waals surface area contributed by atoms with Gasteiger partial charge in [0, 0.05) is 0 Å². The molecule has 0 saturated heterocycles. The Bertz CT molecular complexity index is 563. The monoisotopic (exact) mass is 269 g/mol. The summed E-state index contributed by atoms with van der Waals surface area (Å²) < 4.78 is 51.8. The quantitative estimate of drug-likeness (QED) is 0.822. The molecule has 0 heterocycles. The second-order valence-corrected chi connectivity index (χ2v) is 4.12. The van der Waals surface area contributed by atoms with E-state index >= 15 is 0 Å². The largest absolute Gasteiger partial charge is 0.416 e. The first-order valence-corrected chi connectivity index (χ1v) is 5.57. The highest BCUT2D eigenvalue weighted by Gasteiger charge is 2.35. The van der Waals surface area contributed by atoms with E-state index in [0.29, 0.717) is 11.6 Å². The van der Waals surface area contributed by atoms with E-state index in [-0.39, 0.29) is 5.56 Å². The summed E-state index contributed by atoms with van der Waals surface area (Å²) in [5.41, 5.74) is 5.14. The third kappa shape index (κ3) is 2.93. The van der Waals surface area contributed by atoms with Gasteiger partial charge in [-0.15, -0.1) is 0 Å². The van der Waals surface area contributed by atoms with Crippen molar-refractivity contribution in [2.24, 2.45) is 5.73 Å². The maximum Gasteiger partial charge on any atom is 0.416 e. The zero-order valence-electron chi connectivity index (χ0n) is 9.79. The molecule has 2 rings (SSSR count). The minimum atomic E-state index is -4.56. The van der Waals surface area contributed by atoms with E-state index in [0.717, 1.165) is 12.1 Å². The molecule has 2 aromatic carbocycles. The Balaban J connectivity index is 2.52. The van der Waals surface area contributed by atoms with Crippen molar-refractivity contribution in [2.75, 3.05) is 0 Å². The van der Waals surface area contributed by atoms with E-state index in [9.17, 15) is 17.6 Å². The van der Waals surface area contributed by atoms with E-state index in [1.165, 1.54) is 0 Å². The Labute approximate surface area is 107 Å². The summed E-state index contributed by atoms with van der Waals surface area (Å²) in [6, 6.07) is 9.59. The van der Waals surface area contributed by atoms with Crippen LogP contribution >= 0.6 is 0 Å². The van der Waals surface area contributed by atoms with Gasteiger partial charge in [0.15, 0.2) is 0 Å². The van der Waals surface area contributed by atoms with Crippen LogP contribution in [0.3, 0.4) is 0 Å². The van der Waals surface area contributed by atoms with E-state index in [1.807, 2.05) is 0 Å². The molecule has 2 N–H and O–H groups in total. The highest BCUT2D eigenvalue weighted by molar-refractivity contribution is 5.38. The molecule has 2 aromatic rings. The van der Waals surface area contributed by atoms with Gasteiger partial charge in [0.05, 0.1) is 11.6 Å². The molecule has 0 aliphatic heterocycles. The summed E-state index contributed by atoms with van der Waals surface area (Å²) in [4.78, 5) is 0. The van der Waals surface area contributed by atoms with Crippen LogP contribution in [0, 0.1) is 5.82 Å². The topological polar surface area (TPSA) is 26.0 Å². The number of alkyl halides is 3. The predicted molar refractivity (Wildman–Crippen MR) is 63.9 cm³/mol. The SMILES string of the molecule is NC(c1ccccc1)c1cc(F)ccc1C(F)(F)F. The van der Waals surface area contributed by atoms with Gasteiger partial charge in [-0.1, -0.05) is 30.3 Å². The molecule has 0 fully saturated rings. The van der Waals surface area contributed by atoms with E-state index < -0.39 is 23.6 Å². The van der Waals surface area contributed by atoms with Gasteiger partial charge in [0.1, 0.15) is 5.82 Å². The Hall–Kier alpha value is -1.88. The van der Waals surface area contributed by atoms with Gasteiger partial charge in [-0.2, -0.15) is 13.2 Å². The first-order valence-electron chi connectivity index (χ1n) is 5.57. The van der Waals surface area contributed by atoms with Crippen LogP contribution in [0.4, 0.5) is 17.6 Å². The summed E-state index contributed by atoms with van der Waals surface area (Å²) >= 11 is 0. The van der Waals surface area contributed by atoms with Crippen molar-refractivity contribution < 1.29 is 17.6 Å². The molecular formula is C14H11F4N. The molecule has 0 aromatic heterocycles. The summed E-state index contributed by atoms with van der Waals surface area (Å²) in [7, 11) is 0. The van der Waals surface area contributed by atoms with Crippen molar-refractivity contribution in [3.05, 3.63) is 71.0 Å². The van der Waals surface area contributed by atoms with Crippen molar-refractivity contribution in [3.8, 4) is 0 Å². The molecule has 0 aliphatic rings. The van der Waals surface area contributed by atoms with Crippen molar-refractivity contribution in [2.45, 2.75) is 12.2 Å². The van der Waals surface area contributed by atoms with Gasteiger partial charge in [0.25, 0.3) is 0 Å². The molecule has 0 spiro atoms. The van der Waals surface area contributed by atoms with Gasteiger partial charge in [-0.05, 0) is 29.3 Å². The maximum atomic E-state index is 13.2. The standard InChI is InChI=1S/C14H11F4N/c15-10-6-7-12(14(16,17)18)11(8-10)13(19)9-4-2-1-3-5-9/h1-8,13H,19H2. The fourth-order valence-electron chi connectivity index (χ4n) is 1.89. The molecule has 1 nitrogen and oxygen atoms in total. The normalized spacial score (nSPS) is 13.3. The zero-order valence-corrected chi connectivity index (χ0v) is 9.79. The Morgan fingerprint density at radius 2 is 1.58 bits per heavy atom. The highest BCUT2D eigenvalue weighted by atomic mass is 19.4. The summed E-state index contributed by atoms with van der Waals surface area (Å²) in [6.07, 6.45) is -4.56. The average molecular weight is 269 g/mol. The molecule has 19 heavy (non-hydrogen) atoms. The van der Waals surface area contributed by atoms with Crippen LogP contribution in [0.1, 0.15) is 22.7 Å². The molecule has 0 bridgehead atoms. The summed E-state index contributed by atoms with van der Waals surface area (Å²) in [5.74, 6) is -0.741. The van der Waals surface area contributed by atoms with Gasteiger partial charge < -0.3 is 5.73 Å². The summed E-state index contributed by atoms with van der Waals surface area (Å²) in [6.45, 7) is 0. The fraction of sp³-hybridized carbons (Fsp3) is 0.143. The van der Waals surface area contributed by atoms with Crippen molar-refractivity contribution >= 4 is 0 Å². The molecule has 1 unspecified atom stereocenters. The van der Waals surface area contributed by atoms with Gasteiger partial charge >= 0.3 is 6.18 Å². The average Bonchev–Trinajstić information content (AvgIpc) is 2.37. The molecular weight excluding hydrogens is 258 g/mol. The number of hydrogen-bond donors (Lipinski definition) is 1. The predicted octanol–water partition coefficient (Wildman–Crippen LogP) is 3.89. The lowest BCUT2D eigenvalue weighted by molar-refractivity contribution is -0.138. The Morgan fingerprint density at radius 1 is 0.947 bits per heavy atom. The van der Waals surface area contributed by atoms with Crippen LogP contribution in [0.25, 0.3) is 0 Å². The molecule has 0 radical (unpaired) electrons. The maximum absolute atomic E-state index is 13.2. The van der Waals surface area contributed by atoms with Crippen molar-refractivity contribution in [1.29, 1.82) is 0 Å². The second-order valence-electron chi connectivity index (χ2n) is 4.12. The van der Waals surface area contributed by atoms with Crippen molar-refractivity contribution in [1.82, 2.24) is 0 Å². The number of hydrogen-bond acceptors (Lipinski definition) is 1. The molecule has 5 heteroatoms. The van der Waals surface area contributed by atoms with Crippen LogP contribution in [0.15, 0.2) is 48.5 Å². The first kappa shape index (κ1) is 13.5. The number of nitrogens with two attached hydrogens (primary N) is 1. The number of rotatable bonds is 2. The lowest BCUT2D eigenvalue weighted by Gasteiger charge is -2.18. The molecule has 0 aliphatic carbocycles. The number of benzene rings is 2. The van der Waals surface area contributed by atoms with Gasteiger partial charge in [-0.3, -0.25) is 0 Å². The molecule has 1 atom stereocenters. The van der Waals surface area contributed by atoms with Gasteiger partial charge in [0.2, 0.25) is 0 Å². The minimum absolute atomic E-state index is 0.265. The fourth-order valence-corrected chi connectivity index (χ4v) is 1.89. The molecule has 0 amide bonds. The lowest BCUT2D eigenvalue weighted by atomic mass is 9.95. The molecule has 100 valence electrons. The number of halogens is 4. The van der Waals surface area contributed by atoms with Crippen LogP contribution < -0.4 is 5.73 Å².